The molecule has 0 heterocycles. The highest BCUT2D eigenvalue weighted by Crippen LogP contribution is 2.12. The highest BCUT2D eigenvalue weighted by molar-refractivity contribution is 5.69. The van der Waals surface area contributed by atoms with E-state index in [9.17, 15) is 14.4 Å². The van der Waals surface area contributed by atoms with Crippen LogP contribution in [0.4, 0.5) is 0 Å². The van der Waals surface area contributed by atoms with Gasteiger partial charge in [-0.05, 0) is 19.3 Å². The quantitative estimate of drug-likeness (QED) is 0.0398. The Labute approximate surface area is 289 Å². The Kier molecular flexibility index (Phi) is 46.9. The third-order valence-electron chi connectivity index (χ3n) is 8.12. The van der Waals surface area contributed by atoms with E-state index in [1.807, 2.05) is 0 Å². The first-order chi connectivity index (χ1) is 22.7. The van der Waals surface area contributed by atoms with Crippen molar-refractivity contribution in [1.82, 2.24) is 0 Å². The monoisotopic (exact) mass is 675 g/mol. The van der Waals surface area contributed by atoms with Crippen molar-refractivity contribution in [2.24, 2.45) is 0 Å². The van der Waals surface area contributed by atoms with Crippen LogP contribution in [0, 0.1) is 0 Å². The number of aliphatic carboxylic acids is 2. The average molecular weight is 675 g/mol. The Morgan fingerprint density at radius 1 is 0.447 bits per heavy atom. The van der Waals surface area contributed by atoms with Crippen molar-refractivity contribution in [3.63, 3.8) is 0 Å². The maximum Gasteiger partial charge on any atom is 0.305 e. The fraction of sp³-hybridized carbons (Fsp3) is 0.923. The third kappa shape index (κ3) is 54.1. The molecule has 0 aliphatic rings. The molecule has 0 bridgehead atoms. The minimum Gasteiger partial charge on any atom is -0.481 e. The fourth-order valence-corrected chi connectivity index (χ4v) is 5.07. The minimum atomic E-state index is -0.952. The molecule has 0 aliphatic heterocycles. The van der Waals surface area contributed by atoms with E-state index in [1.54, 1.807) is 0 Å². The predicted octanol–water partition coefficient (Wildman–Crippen LogP) is 10.8. The molecule has 8 heteroatoms. The number of hydrogen-bond acceptors (Lipinski definition) is 6. The number of rotatable bonds is 33. The van der Waals surface area contributed by atoms with Crippen LogP contribution >= 0.6 is 0 Å². The van der Waals surface area contributed by atoms with Crippen molar-refractivity contribution in [3.8, 4) is 0 Å². The summed E-state index contributed by atoms with van der Waals surface area (Å²) >= 11 is 0. The molecule has 47 heavy (non-hydrogen) atoms. The molecular formula is C39H78O8. The summed E-state index contributed by atoms with van der Waals surface area (Å²) in [4.78, 5) is 31.7. The number of ether oxygens (including phenoxy) is 1. The summed E-state index contributed by atoms with van der Waals surface area (Å²) in [5.41, 5.74) is 0. The van der Waals surface area contributed by atoms with Gasteiger partial charge in [0.25, 0.3) is 0 Å². The molecule has 4 N–H and O–H groups in total. The number of carboxylic acids is 2. The van der Waals surface area contributed by atoms with Gasteiger partial charge in [0, 0.05) is 19.3 Å². The van der Waals surface area contributed by atoms with Gasteiger partial charge < -0.3 is 25.2 Å². The molecule has 0 saturated heterocycles. The molecule has 8 nitrogen and oxygen atoms in total. The molecule has 0 amide bonds. The maximum atomic E-state index is 11.3. The van der Waals surface area contributed by atoms with Crippen molar-refractivity contribution < 1.29 is 39.5 Å². The van der Waals surface area contributed by atoms with Crippen molar-refractivity contribution in [2.75, 3.05) is 13.2 Å². The fourth-order valence-electron chi connectivity index (χ4n) is 5.07. The Bertz CT molecular complexity index is 608. The topological polar surface area (TPSA) is 141 Å². The van der Waals surface area contributed by atoms with Crippen LogP contribution in [0.15, 0.2) is 0 Å². The van der Waals surface area contributed by atoms with Crippen molar-refractivity contribution in [1.29, 1.82) is 0 Å². The van der Waals surface area contributed by atoms with Crippen LogP contribution in [-0.4, -0.2) is 57.7 Å². The van der Waals surface area contributed by atoms with Gasteiger partial charge in [-0.1, -0.05) is 175 Å². The van der Waals surface area contributed by atoms with Gasteiger partial charge in [0.1, 0.15) is 12.7 Å². The van der Waals surface area contributed by atoms with E-state index in [-0.39, 0.29) is 19.2 Å². The lowest BCUT2D eigenvalue weighted by atomic mass is 10.1. The molecular weight excluding hydrogens is 596 g/mol. The third-order valence-corrected chi connectivity index (χ3v) is 8.12. The summed E-state index contributed by atoms with van der Waals surface area (Å²) in [7, 11) is 0. The molecule has 0 fully saturated rings. The van der Waals surface area contributed by atoms with Gasteiger partial charge >= 0.3 is 17.9 Å². The van der Waals surface area contributed by atoms with Crippen molar-refractivity contribution >= 4 is 17.9 Å². The van der Waals surface area contributed by atoms with Gasteiger partial charge in [-0.3, -0.25) is 14.4 Å². The number of hydrogen-bond donors (Lipinski definition) is 4. The number of esters is 1. The molecule has 1 unspecified atom stereocenters. The van der Waals surface area contributed by atoms with Crippen molar-refractivity contribution in [3.05, 3.63) is 0 Å². The van der Waals surface area contributed by atoms with E-state index in [1.165, 1.54) is 135 Å². The molecule has 0 aromatic heterocycles. The van der Waals surface area contributed by atoms with Gasteiger partial charge in [-0.2, -0.15) is 0 Å². The Hall–Kier alpha value is -1.67. The molecule has 0 spiro atoms. The average Bonchev–Trinajstić information content (AvgIpc) is 3.05. The number of carbonyl (C=O) groups excluding carboxylic acids is 1. The Morgan fingerprint density at radius 3 is 0.957 bits per heavy atom. The van der Waals surface area contributed by atoms with E-state index in [2.05, 4.69) is 20.8 Å². The smallest absolute Gasteiger partial charge is 0.305 e. The minimum absolute atomic E-state index is 0.104. The van der Waals surface area contributed by atoms with Crippen LogP contribution in [0.1, 0.15) is 213 Å². The van der Waals surface area contributed by atoms with Crippen LogP contribution in [0.3, 0.4) is 0 Å². The number of carboxylic acid groups (broad SMARTS) is 2. The van der Waals surface area contributed by atoms with Gasteiger partial charge in [-0.15, -0.1) is 0 Å². The highest BCUT2D eigenvalue weighted by atomic mass is 16.5. The molecule has 0 saturated carbocycles. The van der Waals surface area contributed by atoms with E-state index in [0.717, 1.165) is 38.5 Å². The summed E-state index contributed by atoms with van der Waals surface area (Å²) < 4.78 is 4.82. The van der Waals surface area contributed by atoms with Gasteiger partial charge in [-0.25, -0.2) is 0 Å². The largest absolute Gasteiger partial charge is 0.481 e. The molecule has 1 atom stereocenters. The predicted molar refractivity (Wildman–Crippen MR) is 195 cm³/mol. The first-order valence-electron chi connectivity index (χ1n) is 19.6. The highest BCUT2D eigenvalue weighted by Gasteiger charge is 2.07. The van der Waals surface area contributed by atoms with Crippen LogP contribution < -0.4 is 0 Å². The van der Waals surface area contributed by atoms with Crippen LogP contribution in [0.5, 0.6) is 0 Å². The van der Waals surface area contributed by atoms with Gasteiger partial charge in [0.2, 0.25) is 0 Å². The normalized spacial score (nSPS) is 11.2. The van der Waals surface area contributed by atoms with E-state index in [4.69, 9.17) is 25.2 Å². The summed E-state index contributed by atoms with van der Waals surface area (Å²) in [6.07, 6.45) is 33.4. The standard InChI is InChI=1S/C15H30O4.2C12H24O2/c1-2-3-4-5-6-7-8-9-10-11-15(18)19-13-14(17)12-16;2*1-2-3-4-5-6-7-8-9-10-11-12(13)14/h14,16-17H,2-13H2,1H3;2*2-11H2,1H3,(H,13,14). The first-order valence-corrected chi connectivity index (χ1v) is 19.6. The maximum absolute atomic E-state index is 11.3. The number of unbranched alkanes of at least 4 members (excludes halogenated alkanes) is 24. The lowest BCUT2D eigenvalue weighted by Crippen LogP contribution is -2.21. The summed E-state index contributed by atoms with van der Waals surface area (Å²) in [5.74, 6) is -1.60. The second-order valence-electron chi connectivity index (χ2n) is 13.0. The number of aliphatic hydroxyl groups excluding tert-OH is 2. The molecule has 0 radical (unpaired) electrons. The van der Waals surface area contributed by atoms with Gasteiger partial charge in [0.15, 0.2) is 0 Å². The SMILES string of the molecule is CCCCCCCCCCCC(=O)O.CCCCCCCCCCCC(=O)O.CCCCCCCCCCCC(=O)OCC(O)CO. The first kappa shape index (κ1) is 49.7. The molecule has 0 aliphatic carbocycles. The molecule has 0 rings (SSSR count). The molecule has 0 aromatic rings. The number of carbonyl (C=O) groups is 3. The lowest BCUT2D eigenvalue weighted by Gasteiger charge is -2.08. The lowest BCUT2D eigenvalue weighted by molar-refractivity contribution is -0.147. The van der Waals surface area contributed by atoms with E-state index >= 15 is 0 Å². The van der Waals surface area contributed by atoms with E-state index in [0.29, 0.717) is 19.3 Å². The van der Waals surface area contributed by atoms with Crippen LogP contribution in [0.2, 0.25) is 0 Å². The van der Waals surface area contributed by atoms with Gasteiger partial charge in [0.05, 0.1) is 6.61 Å². The Balaban J connectivity index is -0.000000630. The van der Waals surface area contributed by atoms with Crippen molar-refractivity contribution in [2.45, 2.75) is 219 Å². The Morgan fingerprint density at radius 2 is 0.702 bits per heavy atom. The zero-order chi connectivity index (χ0) is 35.6. The zero-order valence-corrected chi connectivity index (χ0v) is 31.1. The summed E-state index contributed by atoms with van der Waals surface area (Å²) in [6.45, 7) is 6.20. The van der Waals surface area contributed by atoms with Crippen LogP contribution in [0.25, 0.3) is 0 Å². The summed E-state index contributed by atoms with van der Waals surface area (Å²) in [5, 5.41) is 34.4. The zero-order valence-electron chi connectivity index (χ0n) is 31.1. The second-order valence-corrected chi connectivity index (χ2v) is 13.0. The molecule has 282 valence electrons. The molecule has 0 aromatic carbocycles. The van der Waals surface area contributed by atoms with Crippen LogP contribution in [-0.2, 0) is 19.1 Å². The summed E-state index contributed by atoms with van der Waals surface area (Å²) in [6, 6.07) is 0. The number of aliphatic hydroxyl groups is 2. The second kappa shape index (κ2) is 44.3. The van der Waals surface area contributed by atoms with E-state index < -0.39 is 18.0 Å².